The molecule has 0 heterocycles. The number of anilines is 1. The zero-order chi connectivity index (χ0) is 20.4. The first-order chi connectivity index (χ1) is 13.5. The van der Waals surface area contributed by atoms with E-state index in [1.54, 1.807) is 0 Å². The van der Waals surface area contributed by atoms with Crippen LogP contribution in [-0.4, -0.2) is 11.0 Å². The van der Waals surface area contributed by atoms with E-state index >= 15 is 0 Å². The quantitative estimate of drug-likeness (QED) is 0.366. The summed E-state index contributed by atoms with van der Waals surface area (Å²) in [6.07, 6.45) is 11.5. The van der Waals surface area contributed by atoms with Crippen molar-refractivity contribution in [1.29, 1.82) is 0 Å². The van der Waals surface area contributed by atoms with Gasteiger partial charge in [0.1, 0.15) is 5.75 Å². The molecule has 1 amide bonds. The number of phenols is 1. The van der Waals surface area contributed by atoms with Crippen LogP contribution >= 0.6 is 23.2 Å². The van der Waals surface area contributed by atoms with Gasteiger partial charge in [-0.15, -0.1) is 0 Å². The van der Waals surface area contributed by atoms with Crippen LogP contribution in [0.25, 0.3) is 0 Å². The van der Waals surface area contributed by atoms with Crippen molar-refractivity contribution in [3.63, 3.8) is 0 Å². The molecule has 0 saturated heterocycles. The molecule has 0 aromatic heterocycles. The second-order valence-corrected chi connectivity index (χ2v) is 8.00. The van der Waals surface area contributed by atoms with Crippen LogP contribution in [0.15, 0.2) is 36.4 Å². The van der Waals surface area contributed by atoms with Crippen molar-refractivity contribution >= 4 is 34.8 Å². The lowest BCUT2D eigenvalue weighted by Gasteiger charge is -2.09. The lowest BCUT2D eigenvalue weighted by atomic mass is 10.0. The number of nitrogens with one attached hydrogen (secondary N) is 1. The van der Waals surface area contributed by atoms with Crippen LogP contribution in [0.1, 0.15) is 74.2 Å². The predicted molar refractivity (Wildman–Crippen MR) is 119 cm³/mol. The summed E-state index contributed by atoms with van der Waals surface area (Å²) in [6, 6.07) is 10.6. The number of carbonyl (C=O) groups is 1. The van der Waals surface area contributed by atoms with Crippen molar-refractivity contribution in [2.45, 2.75) is 64.7 Å². The van der Waals surface area contributed by atoms with Crippen LogP contribution in [0.2, 0.25) is 10.0 Å². The number of aryl methyl sites for hydroxylation is 1. The molecular formula is C23H29Cl2NO2. The normalized spacial score (nSPS) is 10.8. The van der Waals surface area contributed by atoms with Crippen molar-refractivity contribution in [2.75, 3.05) is 5.32 Å². The van der Waals surface area contributed by atoms with Crippen LogP contribution in [-0.2, 0) is 6.42 Å². The van der Waals surface area contributed by atoms with Gasteiger partial charge in [0, 0.05) is 10.7 Å². The number of unbranched alkanes of at least 4 members (excludes halogenated alkanes) is 7. The molecule has 0 radical (unpaired) electrons. The number of hydrogen-bond donors (Lipinski definition) is 2. The van der Waals surface area contributed by atoms with E-state index in [1.807, 2.05) is 24.3 Å². The summed E-state index contributed by atoms with van der Waals surface area (Å²) in [7, 11) is 0. The minimum atomic E-state index is -0.447. The zero-order valence-corrected chi connectivity index (χ0v) is 18.0. The molecule has 0 spiro atoms. The molecule has 5 heteroatoms. The molecule has 2 aromatic rings. The van der Waals surface area contributed by atoms with Crippen molar-refractivity contribution in [3.8, 4) is 5.75 Å². The van der Waals surface area contributed by atoms with E-state index in [0.717, 1.165) is 6.42 Å². The largest absolute Gasteiger partial charge is 0.506 e. The van der Waals surface area contributed by atoms with Gasteiger partial charge in [0.2, 0.25) is 0 Å². The Labute approximate surface area is 178 Å². The summed E-state index contributed by atoms with van der Waals surface area (Å²) in [6.45, 7) is 2.24. The van der Waals surface area contributed by atoms with Crippen molar-refractivity contribution in [2.24, 2.45) is 0 Å². The Morgan fingerprint density at radius 2 is 1.54 bits per heavy atom. The Bertz CT molecular complexity index is 760. The Morgan fingerprint density at radius 1 is 0.929 bits per heavy atom. The topological polar surface area (TPSA) is 49.3 Å². The minimum Gasteiger partial charge on any atom is -0.506 e. The Kier molecular flexibility index (Phi) is 9.66. The van der Waals surface area contributed by atoms with Gasteiger partial charge in [0.25, 0.3) is 5.91 Å². The molecule has 0 aliphatic carbocycles. The molecule has 152 valence electrons. The van der Waals surface area contributed by atoms with Gasteiger partial charge in [-0.3, -0.25) is 4.79 Å². The van der Waals surface area contributed by atoms with E-state index in [0.29, 0.717) is 10.7 Å². The number of halogens is 2. The molecule has 0 aliphatic heterocycles. The molecule has 0 aliphatic rings. The molecule has 0 fully saturated rings. The van der Waals surface area contributed by atoms with E-state index in [2.05, 4.69) is 12.2 Å². The maximum Gasteiger partial charge on any atom is 0.259 e. The van der Waals surface area contributed by atoms with Gasteiger partial charge in [-0.2, -0.15) is 0 Å². The van der Waals surface area contributed by atoms with Crippen LogP contribution in [0.4, 0.5) is 5.69 Å². The average molecular weight is 422 g/mol. The van der Waals surface area contributed by atoms with Gasteiger partial charge >= 0.3 is 0 Å². The highest BCUT2D eigenvalue weighted by atomic mass is 35.5. The Balaban J connectivity index is 1.77. The van der Waals surface area contributed by atoms with E-state index < -0.39 is 5.91 Å². The number of carbonyl (C=O) groups excluding carboxylic acids is 1. The highest BCUT2D eigenvalue weighted by Crippen LogP contribution is 2.31. The average Bonchev–Trinajstić information content (AvgIpc) is 2.68. The number of amides is 1. The summed E-state index contributed by atoms with van der Waals surface area (Å²) >= 11 is 11.8. The first-order valence-corrected chi connectivity index (χ1v) is 10.8. The highest BCUT2D eigenvalue weighted by molar-refractivity contribution is 6.36. The molecule has 2 aromatic carbocycles. The third-order valence-electron chi connectivity index (χ3n) is 4.80. The van der Waals surface area contributed by atoms with Crippen LogP contribution in [0.3, 0.4) is 0 Å². The molecule has 3 nitrogen and oxygen atoms in total. The molecule has 0 unspecified atom stereocenters. The summed E-state index contributed by atoms with van der Waals surface area (Å²) in [5, 5.41) is 13.1. The number of benzene rings is 2. The van der Waals surface area contributed by atoms with Crippen LogP contribution in [0.5, 0.6) is 5.75 Å². The molecule has 2 N–H and O–H groups in total. The Morgan fingerprint density at radius 3 is 2.18 bits per heavy atom. The third-order valence-corrected chi connectivity index (χ3v) is 5.31. The van der Waals surface area contributed by atoms with Crippen molar-refractivity contribution in [3.05, 3.63) is 57.6 Å². The lowest BCUT2D eigenvalue weighted by molar-refractivity contribution is 0.102. The Hall–Kier alpha value is -1.71. The highest BCUT2D eigenvalue weighted by Gasteiger charge is 2.15. The van der Waals surface area contributed by atoms with E-state index in [-0.39, 0.29) is 16.3 Å². The number of phenolic OH excluding ortho intramolecular Hbond substituents is 1. The van der Waals surface area contributed by atoms with Crippen LogP contribution < -0.4 is 5.32 Å². The smallest absolute Gasteiger partial charge is 0.259 e. The van der Waals surface area contributed by atoms with Crippen molar-refractivity contribution < 1.29 is 9.90 Å². The number of hydrogen-bond acceptors (Lipinski definition) is 2. The second kappa shape index (κ2) is 12.0. The summed E-state index contributed by atoms with van der Waals surface area (Å²) in [5.74, 6) is -0.715. The maximum atomic E-state index is 12.4. The molecule has 0 atom stereocenters. The van der Waals surface area contributed by atoms with Gasteiger partial charge in [-0.25, -0.2) is 0 Å². The monoisotopic (exact) mass is 421 g/mol. The molecule has 28 heavy (non-hydrogen) atoms. The summed E-state index contributed by atoms with van der Waals surface area (Å²) in [5.41, 5.74) is 1.98. The van der Waals surface area contributed by atoms with E-state index in [9.17, 15) is 9.90 Å². The second-order valence-electron chi connectivity index (χ2n) is 7.16. The van der Waals surface area contributed by atoms with Gasteiger partial charge in [-0.1, -0.05) is 87.2 Å². The SMILES string of the molecule is CCCCCCCCCCc1ccc(NC(=O)c2cc(Cl)cc(Cl)c2O)cc1. The molecular weight excluding hydrogens is 393 g/mol. The first kappa shape index (κ1) is 22.6. The fourth-order valence-corrected chi connectivity index (χ4v) is 3.65. The van der Waals surface area contributed by atoms with Crippen LogP contribution in [0, 0.1) is 0 Å². The summed E-state index contributed by atoms with van der Waals surface area (Å²) < 4.78 is 0. The number of rotatable bonds is 11. The molecule has 0 bridgehead atoms. The fraction of sp³-hybridized carbons (Fsp3) is 0.435. The fourth-order valence-electron chi connectivity index (χ4n) is 3.16. The van der Waals surface area contributed by atoms with E-state index in [1.165, 1.54) is 69.1 Å². The van der Waals surface area contributed by atoms with Gasteiger partial charge in [0.05, 0.1) is 10.6 Å². The predicted octanol–water partition coefficient (Wildman–Crippen LogP) is 7.63. The maximum absolute atomic E-state index is 12.4. The standard InChI is InChI=1S/C23H29Cl2NO2/c1-2-3-4-5-6-7-8-9-10-17-11-13-19(14-12-17)26-23(28)20-15-18(24)16-21(25)22(20)27/h11-16,27H,2-10H2,1H3,(H,26,28). The van der Waals surface area contributed by atoms with Gasteiger partial charge < -0.3 is 10.4 Å². The zero-order valence-electron chi connectivity index (χ0n) is 16.4. The van der Waals surface area contributed by atoms with Gasteiger partial charge in [-0.05, 0) is 42.7 Å². The minimum absolute atomic E-state index is 0.0540. The third kappa shape index (κ3) is 7.37. The first-order valence-electron chi connectivity index (χ1n) is 10.1. The molecule has 0 saturated carbocycles. The molecule has 2 rings (SSSR count). The number of aromatic hydroxyl groups is 1. The van der Waals surface area contributed by atoms with E-state index in [4.69, 9.17) is 23.2 Å². The summed E-state index contributed by atoms with van der Waals surface area (Å²) in [4.78, 5) is 12.4. The van der Waals surface area contributed by atoms with Crippen molar-refractivity contribution in [1.82, 2.24) is 0 Å². The lowest BCUT2D eigenvalue weighted by Crippen LogP contribution is -2.12. The van der Waals surface area contributed by atoms with Gasteiger partial charge in [0.15, 0.2) is 0 Å².